The summed E-state index contributed by atoms with van der Waals surface area (Å²) in [4.78, 5) is 10.1. The molecule has 0 N–H and O–H groups in total. The molecule has 1 aromatic rings. The average molecular weight is 309 g/mol. The van der Waals surface area contributed by atoms with Crippen LogP contribution in [0.5, 0.6) is 5.75 Å². The Labute approximate surface area is 107 Å². The first kappa shape index (κ1) is 13.3. The second-order valence-electron chi connectivity index (χ2n) is 3.12. The molecular formula is C10H11BrClNO3. The second kappa shape index (κ2) is 6.70. The molecule has 0 fully saturated rings. The number of ether oxygens (including phenoxy) is 1. The van der Waals surface area contributed by atoms with Gasteiger partial charge in [-0.1, -0.05) is 0 Å². The van der Waals surface area contributed by atoms with E-state index < -0.39 is 4.92 Å². The number of nitro benzene ring substituents is 1. The van der Waals surface area contributed by atoms with Crippen LogP contribution in [-0.4, -0.2) is 17.4 Å². The third kappa shape index (κ3) is 3.98. The molecule has 0 amide bonds. The Kier molecular flexibility index (Phi) is 5.55. The topological polar surface area (TPSA) is 52.4 Å². The largest absolute Gasteiger partial charge is 0.492 e. The van der Waals surface area contributed by atoms with Crippen molar-refractivity contribution in [2.45, 2.75) is 12.8 Å². The standard InChI is InChI=1S/C10H11BrClNO3/c11-9-4-3-8(13(14)15)7-10(9)16-6-2-1-5-12/h3-4,7H,1-2,5-6H2. The van der Waals surface area contributed by atoms with E-state index in [-0.39, 0.29) is 5.69 Å². The van der Waals surface area contributed by atoms with Crippen LogP contribution in [0, 0.1) is 10.1 Å². The maximum absolute atomic E-state index is 10.6. The molecule has 16 heavy (non-hydrogen) atoms. The van der Waals surface area contributed by atoms with Crippen LogP contribution in [0.25, 0.3) is 0 Å². The van der Waals surface area contributed by atoms with E-state index in [2.05, 4.69) is 15.9 Å². The number of nitrogens with zero attached hydrogens (tertiary/aromatic N) is 1. The molecule has 0 aliphatic rings. The van der Waals surface area contributed by atoms with Crippen LogP contribution in [0.2, 0.25) is 0 Å². The number of hydrogen-bond donors (Lipinski definition) is 0. The SMILES string of the molecule is O=[N+]([O-])c1ccc(Br)c(OCCCCCl)c1. The minimum Gasteiger partial charge on any atom is -0.492 e. The third-order valence-corrected chi connectivity index (χ3v) is 2.83. The number of alkyl halides is 1. The van der Waals surface area contributed by atoms with Crippen molar-refractivity contribution in [3.05, 3.63) is 32.8 Å². The Bertz CT molecular complexity index is 373. The van der Waals surface area contributed by atoms with Crippen molar-refractivity contribution >= 4 is 33.2 Å². The average Bonchev–Trinajstić information content (AvgIpc) is 2.26. The number of non-ortho nitro benzene ring substituents is 1. The van der Waals surface area contributed by atoms with Crippen LogP contribution >= 0.6 is 27.5 Å². The predicted octanol–water partition coefficient (Wildman–Crippen LogP) is 3.76. The lowest BCUT2D eigenvalue weighted by Gasteiger charge is -2.07. The number of hydrogen-bond acceptors (Lipinski definition) is 3. The van der Waals surface area contributed by atoms with E-state index in [9.17, 15) is 10.1 Å². The number of unbranched alkanes of at least 4 members (excludes halogenated alkanes) is 1. The summed E-state index contributed by atoms with van der Waals surface area (Å²) in [6.45, 7) is 0.506. The lowest BCUT2D eigenvalue weighted by atomic mass is 10.3. The van der Waals surface area contributed by atoms with Gasteiger partial charge in [0.2, 0.25) is 0 Å². The summed E-state index contributed by atoms with van der Waals surface area (Å²) in [7, 11) is 0. The molecule has 0 aliphatic carbocycles. The quantitative estimate of drug-likeness (QED) is 0.348. The molecule has 0 aliphatic heterocycles. The molecule has 1 rings (SSSR count). The molecule has 0 unspecified atom stereocenters. The lowest BCUT2D eigenvalue weighted by molar-refractivity contribution is -0.385. The van der Waals surface area contributed by atoms with Crippen molar-refractivity contribution in [3.8, 4) is 5.75 Å². The highest BCUT2D eigenvalue weighted by atomic mass is 79.9. The summed E-state index contributed by atoms with van der Waals surface area (Å²) in [5.41, 5.74) is 0.0237. The number of rotatable bonds is 6. The first-order valence-corrected chi connectivity index (χ1v) is 6.10. The van der Waals surface area contributed by atoms with Gasteiger partial charge in [-0.2, -0.15) is 0 Å². The first-order valence-electron chi connectivity index (χ1n) is 4.78. The summed E-state index contributed by atoms with van der Waals surface area (Å²) in [6, 6.07) is 4.44. The Morgan fingerprint density at radius 1 is 1.44 bits per heavy atom. The Morgan fingerprint density at radius 3 is 2.81 bits per heavy atom. The summed E-state index contributed by atoms with van der Waals surface area (Å²) < 4.78 is 6.13. The van der Waals surface area contributed by atoms with Gasteiger partial charge in [-0.3, -0.25) is 10.1 Å². The zero-order chi connectivity index (χ0) is 12.0. The van der Waals surface area contributed by atoms with E-state index in [1.807, 2.05) is 0 Å². The van der Waals surface area contributed by atoms with Crippen molar-refractivity contribution in [3.63, 3.8) is 0 Å². The molecule has 0 radical (unpaired) electrons. The Morgan fingerprint density at radius 2 is 2.19 bits per heavy atom. The van der Waals surface area contributed by atoms with E-state index in [0.29, 0.717) is 22.7 Å². The van der Waals surface area contributed by atoms with Crippen molar-refractivity contribution in [2.24, 2.45) is 0 Å². The highest BCUT2D eigenvalue weighted by Gasteiger charge is 2.10. The number of benzene rings is 1. The monoisotopic (exact) mass is 307 g/mol. The van der Waals surface area contributed by atoms with Crippen molar-refractivity contribution in [1.29, 1.82) is 0 Å². The maximum Gasteiger partial charge on any atom is 0.273 e. The zero-order valence-electron chi connectivity index (χ0n) is 8.49. The van der Waals surface area contributed by atoms with Gasteiger partial charge in [-0.05, 0) is 34.8 Å². The molecule has 0 saturated carbocycles. The minimum atomic E-state index is -0.446. The van der Waals surface area contributed by atoms with Crippen LogP contribution in [0.1, 0.15) is 12.8 Å². The number of nitro groups is 1. The fourth-order valence-electron chi connectivity index (χ4n) is 1.09. The molecule has 0 saturated heterocycles. The molecule has 4 nitrogen and oxygen atoms in total. The van der Waals surface area contributed by atoms with Crippen LogP contribution in [0.4, 0.5) is 5.69 Å². The van der Waals surface area contributed by atoms with Gasteiger partial charge in [0.15, 0.2) is 0 Å². The van der Waals surface area contributed by atoms with Crippen LogP contribution in [-0.2, 0) is 0 Å². The fraction of sp³-hybridized carbons (Fsp3) is 0.400. The van der Waals surface area contributed by atoms with Gasteiger partial charge in [0.25, 0.3) is 5.69 Å². The van der Waals surface area contributed by atoms with Gasteiger partial charge >= 0.3 is 0 Å². The molecule has 0 heterocycles. The van der Waals surface area contributed by atoms with Crippen molar-refractivity contribution in [1.82, 2.24) is 0 Å². The molecular weight excluding hydrogens is 297 g/mol. The van der Waals surface area contributed by atoms with Crippen molar-refractivity contribution < 1.29 is 9.66 Å². The van der Waals surface area contributed by atoms with Crippen LogP contribution in [0.3, 0.4) is 0 Å². The predicted molar refractivity (Wildman–Crippen MR) is 66.2 cm³/mol. The lowest BCUT2D eigenvalue weighted by Crippen LogP contribution is -1.99. The fourth-order valence-corrected chi connectivity index (χ4v) is 1.64. The maximum atomic E-state index is 10.6. The highest BCUT2D eigenvalue weighted by molar-refractivity contribution is 9.10. The van der Waals surface area contributed by atoms with Gasteiger partial charge in [-0.15, -0.1) is 11.6 Å². The molecule has 0 atom stereocenters. The summed E-state index contributed by atoms with van der Waals surface area (Å²) in [6.07, 6.45) is 1.70. The van der Waals surface area contributed by atoms with E-state index in [4.69, 9.17) is 16.3 Å². The van der Waals surface area contributed by atoms with Gasteiger partial charge in [0.1, 0.15) is 5.75 Å². The summed E-state index contributed by atoms with van der Waals surface area (Å²) in [5, 5.41) is 10.6. The normalized spacial score (nSPS) is 10.1. The van der Waals surface area contributed by atoms with E-state index in [1.54, 1.807) is 6.07 Å². The first-order chi connectivity index (χ1) is 7.65. The zero-order valence-corrected chi connectivity index (χ0v) is 10.8. The molecule has 0 spiro atoms. The smallest absolute Gasteiger partial charge is 0.273 e. The molecule has 0 aromatic heterocycles. The second-order valence-corrected chi connectivity index (χ2v) is 4.35. The molecule has 0 bridgehead atoms. The highest BCUT2D eigenvalue weighted by Crippen LogP contribution is 2.29. The summed E-state index contributed by atoms with van der Waals surface area (Å²) >= 11 is 8.80. The third-order valence-electron chi connectivity index (χ3n) is 1.91. The van der Waals surface area contributed by atoms with Crippen molar-refractivity contribution in [2.75, 3.05) is 12.5 Å². The van der Waals surface area contributed by atoms with E-state index in [1.165, 1.54) is 12.1 Å². The summed E-state index contributed by atoms with van der Waals surface area (Å²) in [5.74, 6) is 1.09. The van der Waals surface area contributed by atoms with Gasteiger partial charge in [-0.25, -0.2) is 0 Å². The molecule has 1 aromatic carbocycles. The van der Waals surface area contributed by atoms with Crippen LogP contribution < -0.4 is 4.74 Å². The Balaban J connectivity index is 2.63. The number of halogens is 2. The van der Waals surface area contributed by atoms with E-state index in [0.717, 1.165) is 12.8 Å². The van der Waals surface area contributed by atoms with Gasteiger partial charge in [0, 0.05) is 11.9 Å². The van der Waals surface area contributed by atoms with Gasteiger partial charge < -0.3 is 4.74 Å². The molecule has 6 heteroatoms. The Hall–Kier alpha value is -0.810. The molecule has 88 valence electrons. The van der Waals surface area contributed by atoms with Crippen LogP contribution in [0.15, 0.2) is 22.7 Å². The van der Waals surface area contributed by atoms with Gasteiger partial charge in [0.05, 0.1) is 22.1 Å². The minimum absolute atomic E-state index is 0.0237. The van der Waals surface area contributed by atoms with E-state index >= 15 is 0 Å².